The van der Waals surface area contributed by atoms with Crippen molar-refractivity contribution in [3.05, 3.63) is 0 Å². The van der Waals surface area contributed by atoms with Crippen molar-refractivity contribution in [3.8, 4) is 0 Å². The summed E-state index contributed by atoms with van der Waals surface area (Å²) >= 11 is 3.75. The molecule has 0 heterocycles. The van der Waals surface area contributed by atoms with Crippen LogP contribution in [-0.4, -0.2) is 5.33 Å². The molecule has 2 atom stereocenters. The first-order valence-corrected chi connectivity index (χ1v) is 7.12. The van der Waals surface area contributed by atoms with Crippen molar-refractivity contribution in [1.82, 2.24) is 0 Å². The Kier molecular flexibility index (Phi) is 2.75. The molecule has 2 unspecified atom stereocenters. The highest BCUT2D eigenvalue weighted by Crippen LogP contribution is 2.62. The predicted molar refractivity (Wildman–Crippen MR) is 65.7 cm³/mol. The van der Waals surface area contributed by atoms with Crippen molar-refractivity contribution in [2.75, 3.05) is 5.33 Å². The van der Waals surface area contributed by atoms with Crippen molar-refractivity contribution in [2.24, 2.45) is 22.7 Å². The Labute approximate surface area is 97.0 Å². The molecule has 2 fully saturated rings. The van der Waals surface area contributed by atoms with E-state index in [-0.39, 0.29) is 0 Å². The van der Waals surface area contributed by atoms with Gasteiger partial charge in [-0.15, -0.1) is 0 Å². The summed E-state index contributed by atoms with van der Waals surface area (Å²) in [5.41, 5.74) is 1.20. The molecule has 14 heavy (non-hydrogen) atoms. The first kappa shape index (κ1) is 11.0. The third-order valence-electron chi connectivity index (χ3n) is 4.15. The van der Waals surface area contributed by atoms with Gasteiger partial charge in [0.15, 0.2) is 0 Å². The van der Waals surface area contributed by atoms with E-state index in [2.05, 4.69) is 36.7 Å². The van der Waals surface area contributed by atoms with Gasteiger partial charge >= 0.3 is 0 Å². The summed E-state index contributed by atoms with van der Waals surface area (Å²) in [4.78, 5) is 0. The maximum absolute atomic E-state index is 3.75. The predicted octanol–water partition coefficient (Wildman–Crippen LogP) is 4.62. The second-order valence-electron chi connectivity index (χ2n) is 6.86. The van der Waals surface area contributed by atoms with Crippen molar-refractivity contribution in [3.63, 3.8) is 0 Å². The Morgan fingerprint density at radius 2 is 1.79 bits per heavy atom. The van der Waals surface area contributed by atoms with E-state index in [1.807, 2.05) is 0 Å². The van der Waals surface area contributed by atoms with Gasteiger partial charge in [-0.05, 0) is 54.8 Å². The van der Waals surface area contributed by atoms with Crippen LogP contribution in [0.4, 0.5) is 0 Å². The highest BCUT2D eigenvalue weighted by atomic mass is 79.9. The standard InChI is InChI=1S/C13H23Br/c1-12(2,3)4-5-13(9-14)7-10-6-11(10)8-13/h10-11H,4-9H2,1-3H3. The van der Waals surface area contributed by atoms with Gasteiger partial charge in [0.25, 0.3) is 0 Å². The fraction of sp³-hybridized carbons (Fsp3) is 1.00. The van der Waals surface area contributed by atoms with Gasteiger partial charge in [0.05, 0.1) is 0 Å². The smallest absolute Gasteiger partial charge is 0.00881 e. The van der Waals surface area contributed by atoms with Crippen molar-refractivity contribution in [1.29, 1.82) is 0 Å². The van der Waals surface area contributed by atoms with Gasteiger partial charge in [0, 0.05) is 5.33 Å². The van der Waals surface area contributed by atoms with Gasteiger partial charge in [0.1, 0.15) is 0 Å². The lowest BCUT2D eigenvalue weighted by molar-refractivity contribution is 0.227. The number of rotatable bonds is 3. The molecule has 0 aromatic heterocycles. The van der Waals surface area contributed by atoms with Crippen LogP contribution < -0.4 is 0 Å². The quantitative estimate of drug-likeness (QED) is 0.648. The Morgan fingerprint density at radius 3 is 2.21 bits per heavy atom. The summed E-state index contributed by atoms with van der Waals surface area (Å²) in [7, 11) is 0. The molecule has 0 nitrogen and oxygen atoms in total. The second kappa shape index (κ2) is 3.50. The maximum atomic E-state index is 3.75. The molecule has 0 amide bonds. The topological polar surface area (TPSA) is 0 Å². The minimum absolute atomic E-state index is 0.516. The largest absolute Gasteiger partial charge is 0.0922 e. The second-order valence-corrected chi connectivity index (χ2v) is 7.42. The van der Waals surface area contributed by atoms with E-state index in [1.54, 1.807) is 6.42 Å². The Hall–Kier alpha value is 0.480. The van der Waals surface area contributed by atoms with Crippen molar-refractivity contribution >= 4 is 15.9 Å². The lowest BCUT2D eigenvalue weighted by Crippen LogP contribution is -2.23. The molecule has 0 spiro atoms. The van der Waals surface area contributed by atoms with Gasteiger partial charge < -0.3 is 0 Å². The first-order chi connectivity index (χ1) is 6.44. The van der Waals surface area contributed by atoms with Crippen LogP contribution in [0.1, 0.15) is 52.9 Å². The van der Waals surface area contributed by atoms with E-state index >= 15 is 0 Å². The highest BCUT2D eigenvalue weighted by Gasteiger charge is 2.52. The molecule has 2 aliphatic rings. The van der Waals surface area contributed by atoms with Gasteiger partial charge in [-0.1, -0.05) is 36.7 Å². The molecule has 2 rings (SSSR count). The molecule has 0 bridgehead atoms. The minimum Gasteiger partial charge on any atom is -0.0922 e. The third kappa shape index (κ3) is 2.35. The van der Waals surface area contributed by atoms with E-state index < -0.39 is 0 Å². The Balaban J connectivity index is 1.87. The number of halogens is 1. The zero-order valence-corrected chi connectivity index (χ0v) is 11.4. The van der Waals surface area contributed by atoms with Crippen LogP contribution in [0.5, 0.6) is 0 Å². The van der Waals surface area contributed by atoms with E-state index in [1.165, 1.54) is 31.0 Å². The fourth-order valence-electron chi connectivity index (χ4n) is 3.03. The van der Waals surface area contributed by atoms with E-state index in [9.17, 15) is 0 Å². The number of hydrogen-bond donors (Lipinski definition) is 0. The summed E-state index contributed by atoms with van der Waals surface area (Å²) in [6.07, 6.45) is 7.40. The minimum atomic E-state index is 0.516. The number of fused-ring (bicyclic) bond motifs is 1. The Morgan fingerprint density at radius 1 is 1.21 bits per heavy atom. The fourth-order valence-corrected chi connectivity index (χ4v) is 3.76. The van der Waals surface area contributed by atoms with Crippen LogP contribution in [-0.2, 0) is 0 Å². The lowest BCUT2D eigenvalue weighted by atomic mass is 9.76. The summed E-state index contributed by atoms with van der Waals surface area (Å²) in [5.74, 6) is 2.24. The van der Waals surface area contributed by atoms with Crippen LogP contribution in [0.2, 0.25) is 0 Å². The molecule has 82 valence electrons. The maximum Gasteiger partial charge on any atom is 0.00881 e. The number of alkyl halides is 1. The molecule has 0 aliphatic heterocycles. The average Bonchev–Trinajstić information content (AvgIpc) is 2.70. The van der Waals surface area contributed by atoms with Crippen LogP contribution in [0.25, 0.3) is 0 Å². The van der Waals surface area contributed by atoms with E-state index in [4.69, 9.17) is 0 Å². The van der Waals surface area contributed by atoms with Gasteiger partial charge in [-0.3, -0.25) is 0 Å². The molecular weight excluding hydrogens is 236 g/mol. The normalized spacial score (nSPS) is 41.1. The van der Waals surface area contributed by atoms with Crippen LogP contribution in [0, 0.1) is 22.7 Å². The monoisotopic (exact) mass is 258 g/mol. The summed E-state index contributed by atoms with van der Waals surface area (Å²) in [6, 6.07) is 0. The summed E-state index contributed by atoms with van der Waals surface area (Å²) in [5, 5.41) is 1.24. The third-order valence-corrected chi connectivity index (χ3v) is 5.34. The molecule has 2 aliphatic carbocycles. The number of hydrogen-bond acceptors (Lipinski definition) is 0. The Bertz CT molecular complexity index is 204. The van der Waals surface area contributed by atoms with E-state index in [0.29, 0.717) is 10.8 Å². The summed E-state index contributed by atoms with van der Waals surface area (Å²) in [6.45, 7) is 7.10. The summed E-state index contributed by atoms with van der Waals surface area (Å²) < 4.78 is 0. The highest BCUT2D eigenvalue weighted by molar-refractivity contribution is 9.09. The van der Waals surface area contributed by atoms with Gasteiger partial charge in [-0.2, -0.15) is 0 Å². The zero-order chi connectivity index (χ0) is 10.4. The van der Waals surface area contributed by atoms with Crippen molar-refractivity contribution < 1.29 is 0 Å². The van der Waals surface area contributed by atoms with E-state index in [0.717, 1.165) is 11.8 Å². The molecule has 0 aromatic rings. The molecule has 0 saturated heterocycles. The molecule has 0 aromatic carbocycles. The zero-order valence-electron chi connectivity index (χ0n) is 9.78. The van der Waals surface area contributed by atoms with Gasteiger partial charge in [-0.25, -0.2) is 0 Å². The van der Waals surface area contributed by atoms with Crippen LogP contribution >= 0.6 is 15.9 Å². The van der Waals surface area contributed by atoms with Crippen molar-refractivity contribution in [2.45, 2.75) is 52.9 Å². The lowest BCUT2D eigenvalue weighted by Gasteiger charge is -2.32. The molecule has 2 saturated carbocycles. The molecular formula is C13H23Br. The van der Waals surface area contributed by atoms with Crippen LogP contribution in [0.15, 0.2) is 0 Å². The first-order valence-electron chi connectivity index (χ1n) is 6.00. The molecule has 0 radical (unpaired) electrons. The molecule has 0 N–H and O–H groups in total. The van der Waals surface area contributed by atoms with Crippen LogP contribution in [0.3, 0.4) is 0 Å². The van der Waals surface area contributed by atoms with Gasteiger partial charge in [0.2, 0.25) is 0 Å². The molecule has 1 heteroatoms. The average molecular weight is 259 g/mol. The SMILES string of the molecule is CC(C)(C)CCC1(CBr)CC2CC2C1.